The number of aryl methyl sites for hydroxylation is 1. The Labute approximate surface area is 190 Å². The number of imide groups is 1. The number of para-hydroxylation sites is 1. The number of hydrogen-bond donors (Lipinski definition) is 1. The van der Waals surface area contributed by atoms with Crippen LogP contribution in [0.4, 0.5) is 15.8 Å². The fraction of sp³-hybridized carbons (Fsp3) is 0.120. The predicted octanol–water partition coefficient (Wildman–Crippen LogP) is 5.58. The first-order valence-corrected chi connectivity index (χ1v) is 10.4. The molecular weight excluding hydrogens is 431 g/mol. The van der Waals surface area contributed by atoms with Gasteiger partial charge in [-0.05, 0) is 61.4 Å². The van der Waals surface area contributed by atoms with E-state index < -0.39 is 17.6 Å². The normalized spacial score (nSPS) is 13.7. The molecule has 0 radical (unpaired) electrons. The number of nitrogens with zero attached hydrogens (tertiary/aromatic N) is 1. The highest BCUT2D eigenvalue weighted by Gasteiger charge is 2.41. The monoisotopic (exact) mass is 450 g/mol. The van der Waals surface area contributed by atoms with Crippen LogP contribution >= 0.6 is 11.6 Å². The van der Waals surface area contributed by atoms with Gasteiger partial charge < -0.3 is 10.1 Å². The molecule has 0 unspecified atom stereocenters. The SMILES string of the molecule is CCOc1ccc(C2=C(Nc3ccc(C)c(Cl)c3)C(=O)N(c3ccccc3F)C2=O)cc1. The first kappa shape index (κ1) is 21.6. The number of amides is 2. The smallest absolute Gasteiger partial charge is 0.282 e. The van der Waals surface area contributed by atoms with E-state index in [-0.39, 0.29) is 17.0 Å². The second-order valence-corrected chi connectivity index (χ2v) is 7.60. The van der Waals surface area contributed by atoms with Crippen LogP contribution in [0.3, 0.4) is 0 Å². The number of carbonyl (C=O) groups excluding carboxylic acids is 2. The summed E-state index contributed by atoms with van der Waals surface area (Å²) >= 11 is 6.23. The average Bonchev–Trinajstić information content (AvgIpc) is 3.01. The van der Waals surface area contributed by atoms with E-state index in [1.807, 2.05) is 13.8 Å². The van der Waals surface area contributed by atoms with Crippen LogP contribution in [0.2, 0.25) is 5.02 Å². The summed E-state index contributed by atoms with van der Waals surface area (Å²) in [6.07, 6.45) is 0. The Morgan fingerprint density at radius 2 is 1.72 bits per heavy atom. The van der Waals surface area contributed by atoms with E-state index in [2.05, 4.69) is 5.32 Å². The van der Waals surface area contributed by atoms with Gasteiger partial charge in [-0.1, -0.05) is 41.9 Å². The van der Waals surface area contributed by atoms with E-state index in [1.54, 1.807) is 48.5 Å². The molecule has 0 bridgehead atoms. The van der Waals surface area contributed by atoms with Crippen molar-refractivity contribution in [2.24, 2.45) is 0 Å². The van der Waals surface area contributed by atoms with Crippen molar-refractivity contribution in [3.05, 3.63) is 94.4 Å². The van der Waals surface area contributed by atoms with Crippen molar-refractivity contribution in [1.29, 1.82) is 0 Å². The molecule has 3 aromatic carbocycles. The molecule has 32 heavy (non-hydrogen) atoms. The lowest BCUT2D eigenvalue weighted by molar-refractivity contribution is -0.120. The molecular formula is C25H20ClFN2O3. The van der Waals surface area contributed by atoms with Crippen LogP contribution in [0.1, 0.15) is 18.1 Å². The minimum absolute atomic E-state index is 0.0438. The Morgan fingerprint density at radius 1 is 1.00 bits per heavy atom. The number of nitrogens with one attached hydrogen (secondary N) is 1. The standard InChI is InChI=1S/C25H20ClFN2O3/c1-3-32-18-12-9-16(10-13-18)22-23(28-17-11-8-15(2)19(26)14-17)25(31)29(24(22)30)21-7-5-4-6-20(21)27/h4-14,28H,3H2,1-2H3. The van der Waals surface area contributed by atoms with Crippen LogP contribution in [-0.2, 0) is 9.59 Å². The van der Waals surface area contributed by atoms with Crippen LogP contribution in [-0.4, -0.2) is 18.4 Å². The number of hydrogen-bond acceptors (Lipinski definition) is 4. The van der Waals surface area contributed by atoms with Crippen molar-refractivity contribution in [2.45, 2.75) is 13.8 Å². The Balaban J connectivity index is 1.81. The van der Waals surface area contributed by atoms with Crippen molar-refractivity contribution in [2.75, 3.05) is 16.8 Å². The summed E-state index contributed by atoms with van der Waals surface area (Å²) in [6, 6.07) is 17.7. The molecule has 0 spiro atoms. The van der Waals surface area contributed by atoms with E-state index in [1.165, 1.54) is 18.2 Å². The van der Waals surface area contributed by atoms with Gasteiger partial charge >= 0.3 is 0 Å². The van der Waals surface area contributed by atoms with Crippen LogP contribution < -0.4 is 15.0 Å². The van der Waals surface area contributed by atoms with Crippen molar-refractivity contribution < 1.29 is 18.7 Å². The van der Waals surface area contributed by atoms with Crippen LogP contribution in [0.5, 0.6) is 5.75 Å². The third-order valence-corrected chi connectivity index (χ3v) is 5.48. The van der Waals surface area contributed by atoms with Gasteiger partial charge in [-0.15, -0.1) is 0 Å². The molecule has 0 saturated carbocycles. The highest BCUT2D eigenvalue weighted by Crippen LogP contribution is 2.35. The Hall–Kier alpha value is -3.64. The summed E-state index contributed by atoms with van der Waals surface area (Å²) in [5, 5.41) is 3.54. The molecule has 5 nitrogen and oxygen atoms in total. The van der Waals surface area contributed by atoms with Crippen molar-refractivity contribution >= 4 is 40.4 Å². The molecule has 0 fully saturated rings. The molecule has 2 amide bonds. The third kappa shape index (κ3) is 3.97. The van der Waals surface area contributed by atoms with E-state index >= 15 is 0 Å². The van der Waals surface area contributed by atoms with Crippen LogP contribution in [0, 0.1) is 12.7 Å². The zero-order chi connectivity index (χ0) is 22.8. The molecule has 0 aromatic heterocycles. The molecule has 1 aliphatic heterocycles. The molecule has 4 rings (SSSR count). The van der Waals surface area contributed by atoms with Gasteiger partial charge in [-0.2, -0.15) is 0 Å². The number of halogens is 2. The zero-order valence-electron chi connectivity index (χ0n) is 17.5. The van der Waals surface area contributed by atoms with Crippen LogP contribution in [0.15, 0.2) is 72.4 Å². The number of rotatable bonds is 6. The fourth-order valence-electron chi connectivity index (χ4n) is 3.46. The largest absolute Gasteiger partial charge is 0.494 e. The van der Waals surface area contributed by atoms with Crippen molar-refractivity contribution in [3.63, 3.8) is 0 Å². The number of benzene rings is 3. The first-order valence-electron chi connectivity index (χ1n) is 10.0. The molecule has 1 heterocycles. The van der Waals surface area contributed by atoms with Gasteiger partial charge in [0.25, 0.3) is 11.8 Å². The molecule has 3 aromatic rings. The quantitative estimate of drug-likeness (QED) is 0.498. The molecule has 0 saturated heterocycles. The van der Waals surface area contributed by atoms with E-state index in [9.17, 15) is 14.0 Å². The second kappa shape index (κ2) is 8.85. The number of anilines is 2. The van der Waals surface area contributed by atoms with E-state index in [0.717, 1.165) is 10.5 Å². The van der Waals surface area contributed by atoms with Gasteiger partial charge in [-0.25, -0.2) is 9.29 Å². The lowest BCUT2D eigenvalue weighted by Gasteiger charge is -2.16. The zero-order valence-corrected chi connectivity index (χ0v) is 18.2. The fourth-order valence-corrected chi connectivity index (χ4v) is 3.65. The summed E-state index contributed by atoms with van der Waals surface area (Å²) in [5.74, 6) is -1.30. The van der Waals surface area contributed by atoms with Gasteiger partial charge in [0.1, 0.15) is 17.3 Å². The van der Waals surface area contributed by atoms with Gasteiger partial charge in [-0.3, -0.25) is 9.59 Å². The Morgan fingerprint density at radius 3 is 2.38 bits per heavy atom. The second-order valence-electron chi connectivity index (χ2n) is 7.19. The molecule has 1 N–H and O–H groups in total. The average molecular weight is 451 g/mol. The summed E-state index contributed by atoms with van der Waals surface area (Å²) in [6.45, 7) is 4.24. The summed E-state index contributed by atoms with van der Waals surface area (Å²) in [7, 11) is 0. The minimum Gasteiger partial charge on any atom is -0.494 e. The summed E-state index contributed by atoms with van der Waals surface area (Å²) < 4.78 is 20.0. The number of ether oxygens (including phenoxy) is 1. The summed E-state index contributed by atoms with van der Waals surface area (Å²) in [4.78, 5) is 27.6. The maximum Gasteiger partial charge on any atom is 0.282 e. The van der Waals surface area contributed by atoms with Crippen molar-refractivity contribution in [1.82, 2.24) is 0 Å². The highest BCUT2D eigenvalue weighted by atomic mass is 35.5. The maximum absolute atomic E-state index is 14.5. The Kier molecular flexibility index (Phi) is 5.97. The number of carbonyl (C=O) groups is 2. The van der Waals surface area contributed by atoms with Crippen molar-refractivity contribution in [3.8, 4) is 5.75 Å². The lowest BCUT2D eigenvalue weighted by atomic mass is 10.0. The molecule has 1 aliphatic rings. The first-order chi connectivity index (χ1) is 15.4. The lowest BCUT2D eigenvalue weighted by Crippen LogP contribution is -2.33. The third-order valence-electron chi connectivity index (χ3n) is 5.07. The molecule has 162 valence electrons. The van der Waals surface area contributed by atoms with E-state index in [4.69, 9.17) is 16.3 Å². The van der Waals surface area contributed by atoms with Crippen LogP contribution in [0.25, 0.3) is 5.57 Å². The van der Waals surface area contributed by atoms with Gasteiger partial charge in [0.2, 0.25) is 0 Å². The molecule has 7 heteroatoms. The summed E-state index contributed by atoms with van der Waals surface area (Å²) in [5.41, 5.74) is 1.99. The van der Waals surface area contributed by atoms with E-state index in [0.29, 0.717) is 28.6 Å². The predicted molar refractivity (Wildman–Crippen MR) is 123 cm³/mol. The highest BCUT2D eigenvalue weighted by molar-refractivity contribution is 6.46. The Bertz CT molecular complexity index is 1240. The molecule has 0 aliphatic carbocycles. The van der Waals surface area contributed by atoms with Gasteiger partial charge in [0, 0.05) is 10.7 Å². The molecule has 0 atom stereocenters. The van der Waals surface area contributed by atoms with Gasteiger partial charge in [0.05, 0.1) is 17.9 Å². The topological polar surface area (TPSA) is 58.6 Å². The maximum atomic E-state index is 14.5. The minimum atomic E-state index is -0.667. The van der Waals surface area contributed by atoms with Gasteiger partial charge in [0.15, 0.2) is 0 Å².